The van der Waals surface area contributed by atoms with Crippen molar-refractivity contribution in [3.05, 3.63) is 65.0 Å². The number of aryl methyl sites for hydroxylation is 1. The molecule has 0 aliphatic heterocycles. The molecule has 1 aromatic carbocycles. The van der Waals surface area contributed by atoms with Crippen LogP contribution in [0, 0.1) is 6.92 Å². The van der Waals surface area contributed by atoms with E-state index in [1.807, 2.05) is 13.0 Å². The third-order valence-corrected chi connectivity index (χ3v) is 2.84. The van der Waals surface area contributed by atoms with Gasteiger partial charge in [0, 0.05) is 24.0 Å². The highest BCUT2D eigenvalue weighted by atomic mass is 16.2. The quantitative estimate of drug-likeness (QED) is 0.880. The molecular formula is C15H15N3O2. The van der Waals surface area contributed by atoms with Crippen LogP contribution in [0.25, 0.3) is 0 Å². The molecule has 5 nitrogen and oxygen atoms in total. The zero-order valence-corrected chi connectivity index (χ0v) is 11.1. The van der Waals surface area contributed by atoms with Gasteiger partial charge in [-0.25, -0.2) is 0 Å². The fraction of sp³-hybridized carbons (Fsp3) is 0.133. The van der Waals surface area contributed by atoms with Crippen LogP contribution in [0.15, 0.2) is 42.6 Å². The van der Waals surface area contributed by atoms with E-state index in [1.165, 1.54) is 6.20 Å². The molecule has 0 unspecified atom stereocenters. The first-order chi connectivity index (χ1) is 9.56. The van der Waals surface area contributed by atoms with Crippen molar-refractivity contribution >= 4 is 11.8 Å². The van der Waals surface area contributed by atoms with E-state index >= 15 is 0 Å². The van der Waals surface area contributed by atoms with Gasteiger partial charge in [0.2, 0.25) is 5.91 Å². The molecule has 0 spiro atoms. The van der Waals surface area contributed by atoms with Gasteiger partial charge in [-0.2, -0.15) is 0 Å². The molecule has 2 aromatic rings. The van der Waals surface area contributed by atoms with E-state index in [-0.39, 0.29) is 5.91 Å². The lowest BCUT2D eigenvalue weighted by molar-refractivity contribution is 0.0950. The summed E-state index contributed by atoms with van der Waals surface area (Å²) in [4.78, 5) is 27.0. The summed E-state index contributed by atoms with van der Waals surface area (Å²) in [7, 11) is 0. The summed E-state index contributed by atoms with van der Waals surface area (Å²) in [6.45, 7) is 2.19. The van der Waals surface area contributed by atoms with Crippen molar-refractivity contribution in [1.82, 2.24) is 10.3 Å². The summed E-state index contributed by atoms with van der Waals surface area (Å²) < 4.78 is 0. The van der Waals surface area contributed by atoms with Crippen LogP contribution in [-0.2, 0) is 6.54 Å². The minimum atomic E-state index is -0.485. The molecule has 0 saturated heterocycles. The SMILES string of the molecule is Cc1ccc(C(=O)NCc2cccc(C(N)=O)c2)cn1. The fourth-order valence-corrected chi connectivity index (χ4v) is 1.72. The molecule has 0 atom stereocenters. The number of hydrogen-bond acceptors (Lipinski definition) is 3. The number of benzene rings is 1. The van der Waals surface area contributed by atoms with Crippen LogP contribution in [0.4, 0.5) is 0 Å². The zero-order chi connectivity index (χ0) is 14.5. The van der Waals surface area contributed by atoms with Crippen molar-refractivity contribution < 1.29 is 9.59 Å². The standard InChI is InChI=1S/C15H15N3O2/c1-10-5-6-13(9-17-10)15(20)18-8-11-3-2-4-12(7-11)14(16)19/h2-7,9H,8H2,1H3,(H2,16,19)(H,18,20). The number of nitrogens with zero attached hydrogens (tertiary/aromatic N) is 1. The maximum absolute atomic E-state index is 11.9. The third-order valence-electron chi connectivity index (χ3n) is 2.84. The van der Waals surface area contributed by atoms with Gasteiger partial charge in [-0.05, 0) is 36.8 Å². The van der Waals surface area contributed by atoms with Crippen LogP contribution in [0.1, 0.15) is 32.0 Å². The number of hydrogen-bond donors (Lipinski definition) is 2. The van der Waals surface area contributed by atoms with Crippen molar-refractivity contribution in [1.29, 1.82) is 0 Å². The van der Waals surface area contributed by atoms with Crippen molar-refractivity contribution in [3.63, 3.8) is 0 Å². The average Bonchev–Trinajstić information content (AvgIpc) is 2.46. The number of primary amides is 1. The minimum absolute atomic E-state index is 0.207. The summed E-state index contributed by atoms with van der Waals surface area (Å²) in [5.41, 5.74) is 7.81. The molecule has 5 heteroatoms. The maximum Gasteiger partial charge on any atom is 0.253 e. The van der Waals surface area contributed by atoms with Crippen LogP contribution >= 0.6 is 0 Å². The molecule has 0 bridgehead atoms. The summed E-state index contributed by atoms with van der Waals surface area (Å²) >= 11 is 0. The highest BCUT2D eigenvalue weighted by Crippen LogP contribution is 2.05. The van der Waals surface area contributed by atoms with Crippen LogP contribution in [0.2, 0.25) is 0 Å². The topological polar surface area (TPSA) is 85.1 Å². The van der Waals surface area contributed by atoms with Gasteiger partial charge in [0.15, 0.2) is 0 Å². The van der Waals surface area contributed by atoms with E-state index in [9.17, 15) is 9.59 Å². The molecule has 0 saturated carbocycles. The molecule has 0 radical (unpaired) electrons. The molecule has 1 aromatic heterocycles. The second kappa shape index (κ2) is 5.97. The number of rotatable bonds is 4. The highest BCUT2D eigenvalue weighted by molar-refractivity contribution is 5.94. The summed E-state index contributed by atoms with van der Waals surface area (Å²) in [6.07, 6.45) is 1.53. The minimum Gasteiger partial charge on any atom is -0.366 e. The molecule has 2 rings (SSSR count). The average molecular weight is 269 g/mol. The lowest BCUT2D eigenvalue weighted by Crippen LogP contribution is -2.23. The number of amides is 2. The monoisotopic (exact) mass is 269 g/mol. The molecule has 2 amide bonds. The van der Waals surface area contributed by atoms with E-state index < -0.39 is 5.91 Å². The van der Waals surface area contributed by atoms with Crippen molar-refractivity contribution in [3.8, 4) is 0 Å². The van der Waals surface area contributed by atoms with Crippen molar-refractivity contribution in [2.75, 3.05) is 0 Å². The molecule has 0 aliphatic carbocycles. The van der Waals surface area contributed by atoms with Gasteiger partial charge >= 0.3 is 0 Å². The molecule has 1 heterocycles. The summed E-state index contributed by atoms with van der Waals surface area (Å²) in [6, 6.07) is 10.4. The molecular weight excluding hydrogens is 254 g/mol. The molecule has 0 aliphatic rings. The van der Waals surface area contributed by atoms with E-state index in [0.29, 0.717) is 17.7 Å². The normalized spacial score (nSPS) is 10.1. The number of nitrogens with two attached hydrogens (primary N) is 1. The highest BCUT2D eigenvalue weighted by Gasteiger charge is 2.06. The zero-order valence-electron chi connectivity index (χ0n) is 11.1. The second-order valence-corrected chi connectivity index (χ2v) is 4.44. The number of aromatic nitrogens is 1. The Bertz CT molecular complexity index is 636. The lowest BCUT2D eigenvalue weighted by Gasteiger charge is -2.06. The van der Waals surface area contributed by atoms with Crippen LogP contribution in [0.5, 0.6) is 0 Å². The molecule has 3 N–H and O–H groups in total. The summed E-state index contributed by atoms with van der Waals surface area (Å²) in [5, 5.41) is 2.77. The number of pyridine rings is 1. The first-order valence-electron chi connectivity index (χ1n) is 6.16. The van der Waals surface area contributed by atoms with Gasteiger partial charge in [0.05, 0.1) is 5.56 Å². The van der Waals surface area contributed by atoms with E-state index in [4.69, 9.17) is 5.73 Å². The van der Waals surface area contributed by atoms with Gasteiger partial charge in [0.25, 0.3) is 5.91 Å². The molecule has 0 fully saturated rings. The Labute approximate surface area is 116 Å². The Kier molecular flexibility index (Phi) is 4.10. The number of carbonyl (C=O) groups is 2. The van der Waals surface area contributed by atoms with E-state index in [2.05, 4.69) is 10.3 Å². The first kappa shape index (κ1) is 13.7. The lowest BCUT2D eigenvalue weighted by atomic mass is 10.1. The van der Waals surface area contributed by atoms with E-state index in [1.54, 1.807) is 30.3 Å². The largest absolute Gasteiger partial charge is 0.366 e. The third kappa shape index (κ3) is 3.41. The Morgan fingerprint density at radius 3 is 2.65 bits per heavy atom. The molecule has 102 valence electrons. The second-order valence-electron chi connectivity index (χ2n) is 4.44. The van der Waals surface area contributed by atoms with Crippen molar-refractivity contribution in [2.24, 2.45) is 5.73 Å². The van der Waals surface area contributed by atoms with Gasteiger partial charge in [-0.15, -0.1) is 0 Å². The Balaban J connectivity index is 2.01. The van der Waals surface area contributed by atoms with Crippen LogP contribution in [-0.4, -0.2) is 16.8 Å². The first-order valence-corrected chi connectivity index (χ1v) is 6.16. The Morgan fingerprint density at radius 1 is 1.20 bits per heavy atom. The van der Waals surface area contributed by atoms with E-state index in [0.717, 1.165) is 11.3 Å². The molecule has 20 heavy (non-hydrogen) atoms. The van der Waals surface area contributed by atoms with Crippen molar-refractivity contribution in [2.45, 2.75) is 13.5 Å². The predicted octanol–water partition coefficient (Wildman–Crippen LogP) is 1.42. The smallest absolute Gasteiger partial charge is 0.253 e. The van der Waals surface area contributed by atoms with Crippen LogP contribution < -0.4 is 11.1 Å². The Morgan fingerprint density at radius 2 is 2.00 bits per heavy atom. The van der Waals surface area contributed by atoms with Crippen LogP contribution in [0.3, 0.4) is 0 Å². The predicted molar refractivity (Wildman–Crippen MR) is 75.1 cm³/mol. The fourth-order valence-electron chi connectivity index (χ4n) is 1.72. The van der Waals surface area contributed by atoms with Gasteiger partial charge in [-0.3, -0.25) is 14.6 Å². The van der Waals surface area contributed by atoms with Gasteiger partial charge in [0.1, 0.15) is 0 Å². The van der Waals surface area contributed by atoms with Gasteiger partial charge in [-0.1, -0.05) is 12.1 Å². The van der Waals surface area contributed by atoms with Gasteiger partial charge < -0.3 is 11.1 Å². The number of nitrogens with one attached hydrogen (secondary N) is 1. The summed E-state index contributed by atoms with van der Waals surface area (Å²) in [5.74, 6) is -0.692. The number of carbonyl (C=O) groups excluding carboxylic acids is 2. The Hall–Kier alpha value is -2.69. The maximum atomic E-state index is 11.9.